The quantitative estimate of drug-likeness (QED) is 0.855. The van der Waals surface area contributed by atoms with Crippen LogP contribution in [-0.4, -0.2) is 43.4 Å². The molecule has 1 aliphatic carbocycles. The van der Waals surface area contributed by atoms with Gasteiger partial charge in [-0.25, -0.2) is 13.8 Å². The lowest BCUT2D eigenvalue weighted by molar-refractivity contribution is 0.0116. The van der Waals surface area contributed by atoms with Crippen molar-refractivity contribution >= 4 is 5.91 Å². The first-order chi connectivity index (χ1) is 11.4. The van der Waals surface area contributed by atoms with E-state index in [-0.39, 0.29) is 17.5 Å². The molecule has 9 heteroatoms. The normalized spacial score (nSPS) is 22.8. The molecule has 2 aliphatic rings. The van der Waals surface area contributed by atoms with E-state index >= 15 is 0 Å². The van der Waals surface area contributed by atoms with Gasteiger partial charge in [0, 0.05) is 18.5 Å². The van der Waals surface area contributed by atoms with E-state index < -0.39 is 30.8 Å². The zero-order chi connectivity index (χ0) is 16.9. The Morgan fingerprint density at radius 2 is 2.00 bits per heavy atom. The van der Waals surface area contributed by atoms with E-state index in [1.165, 1.54) is 12.4 Å². The van der Waals surface area contributed by atoms with Crippen molar-refractivity contribution in [2.75, 3.05) is 6.54 Å². The molecule has 0 spiro atoms. The second-order valence-electron chi connectivity index (χ2n) is 6.30. The molecule has 4 rings (SSSR count). The topological polar surface area (TPSA) is 85.0 Å². The van der Waals surface area contributed by atoms with Crippen molar-refractivity contribution in [3.8, 4) is 0 Å². The number of carbonyl (C=O) groups excluding carboxylic acids is 1. The molecule has 3 heterocycles. The van der Waals surface area contributed by atoms with Gasteiger partial charge in [-0.15, -0.1) is 10.2 Å². The van der Waals surface area contributed by atoms with Gasteiger partial charge in [-0.05, 0) is 19.8 Å². The van der Waals surface area contributed by atoms with Crippen LogP contribution in [0.2, 0.25) is 0 Å². The summed E-state index contributed by atoms with van der Waals surface area (Å²) in [6, 6.07) is -0.949. The van der Waals surface area contributed by atoms with Gasteiger partial charge < -0.3 is 9.32 Å². The first-order valence-corrected chi connectivity index (χ1v) is 7.74. The number of likely N-dealkylation sites (tertiary alicyclic amines) is 1. The zero-order valence-corrected chi connectivity index (χ0v) is 12.9. The number of amides is 1. The molecule has 1 amide bonds. The van der Waals surface area contributed by atoms with Crippen LogP contribution in [0.5, 0.6) is 0 Å². The van der Waals surface area contributed by atoms with Gasteiger partial charge in [0.25, 0.3) is 11.8 Å². The molecule has 1 atom stereocenters. The number of nitrogens with zero attached hydrogens (tertiary/aromatic N) is 5. The van der Waals surface area contributed by atoms with E-state index in [1.807, 2.05) is 0 Å². The molecule has 2 fully saturated rings. The SMILES string of the molecule is Cc1cnc(C(=O)N2CC(F)(F)C[C@H]2c2nnc(C3CC3)o2)cn1. The summed E-state index contributed by atoms with van der Waals surface area (Å²) >= 11 is 0. The van der Waals surface area contributed by atoms with Crippen LogP contribution in [0, 0.1) is 6.92 Å². The molecular weight excluding hydrogens is 320 g/mol. The Morgan fingerprint density at radius 1 is 1.25 bits per heavy atom. The van der Waals surface area contributed by atoms with E-state index in [9.17, 15) is 13.6 Å². The molecule has 2 aromatic heterocycles. The third kappa shape index (κ3) is 2.74. The summed E-state index contributed by atoms with van der Waals surface area (Å²) in [6.45, 7) is 1.03. The van der Waals surface area contributed by atoms with E-state index in [0.717, 1.165) is 17.7 Å². The van der Waals surface area contributed by atoms with Crippen molar-refractivity contribution < 1.29 is 18.0 Å². The van der Waals surface area contributed by atoms with E-state index in [0.29, 0.717) is 11.6 Å². The lowest BCUT2D eigenvalue weighted by Gasteiger charge is -2.20. The Hall–Kier alpha value is -2.45. The standard InChI is InChI=1S/C15H15F2N5O2/c1-8-5-19-10(6-18-8)14(23)22-7-15(16,17)4-11(22)13-21-20-12(24-13)9-2-3-9/h5-6,9,11H,2-4,7H2,1H3/t11-/m0/s1. The lowest BCUT2D eigenvalue weighted by Crippen LogP contribution is -2.33. The second kappa shape index (κ2) is 5.29. The van der Waals surface area contributed by atoms with Crippen LogP contribution in [0.15, 0.2) is 16.8 Å². The number of rotatable bonds is 3. The summed E-state index contributed by atoms with van der Waals surface area (Å²) in [5.41, 5.74) is 0.658. The van der Waals surface area contributed by atoms with Gasteiger partial charge in [0.2, 0.25) is 11.8 Å². The molecule has 0 N–H and O–H groups in total. The molecule has 0 bridgehead atoms. The van der Waals surface area contributed by atoms with Crippen molar-refractivity contribution in [1.82, 2.24) is 25.1 Å². The number of hydrogen-bond acceptors (Lipinski definition) is 6. The van der Waals surface area contributed by atoms with Gasteiger partial charge in [-0.2, -0.15) is 0 Å². The van der Waals surface area contributed by atoms with Gasteiger partial charge >= 0.3 is 0 Å². The Kier molecular flexibility index (Phi) is 3.33. The van der Waals surface area contributed by atoms with Crippen LogP contribution in [0.4, 0.5) is 8.78 Å². The number of aromatic nitrogens is 4. The average Bonchev–Trinajstić information content (AvgIpc) is 3.18. The molecule has 2 aromatic rings. The highest BCUT2D eigenvalue weighted by molar-refractivity contribution is 5.92. The number of aryl methyl sites for hydroxylation is 1. The Balaban J connectivity index is 1.63. The van der Waals surface area contributed by atoms with Gasteiger partial charge in [-0.3, -0.25) is 9.78 Å². The predicted octanol–water partition coefficient (Wildman–Crippen LogP) is 2.27. The average molecular weight is 335 g/mol. The minimum absolute atomic E-state index is 0.0187. The third-order valence-corrected chi connectivity index (χ3v) is 4.20. The molecule has 7 nitrogen and oxygen atoms in total. The minimum Gasteiger partial charge on any atom is -0.423 e. The number of hydrogen-bond donors (Lipinski definition) is 0. The van der Waals surface area contributed by atoms with Crippen LogP contribution in [0.1, 0.15) is 59.2 Å². The van der Waals surface area contributed by atoms with E-state index in [4.69, 9.17) is 4.42 Å². The van der Waals surface area contributed by atoms with Crippen molar-refractivity contribution in [1.29, 1.82) is 0 Å². The predicted molar refractivity (Wildman–Crippen MR) is 76.4 cm³/mol. The van der Waals surface area contributed by atoms with Crippen LogP contribution in [0.3, 0.4) is 0 Å². The summed E-state index contributed by atoms with van der Waals surface area (Å²) in [4.78, 5) is 21.6. The molecule has 1 saturated carbocycles. The lowest BCUT2D eigenvalue weighted by atomic mass is 10.2. The molecule has 1 saturated heterocycles. The maximum Gasteiger partial charge on any atom is 0.274 e. The zero-order valence-electron chi connectivity index (χ0n) is 12.9. The fourth-order valence-corrected chi connectivity index (χ4v) is 2.78. The van der Waals surface area contributed by atoms with Crippen molar-refractivity contribution in [3.05, 3.63) is 35.6 Å². The minimum atomic E-state index is -3.01. The fraction of sp³-hybridized carbons (Fsp3) is 0.533. The van der Waals surface area contributed by atoms with Gasteiger partial charge in [-0.1, -0.05) is 0 Å². The van der Waals surface area contributed by atoms with Gasteiger partial charge in [0.05, 0.1) is 18.4 Å². The van der Waals surface area contributed by atoms with Crippen molar-refractivity contribution in [2.24, 2.45) is 0 Å². The number of carbonyl (C=O) groups is 1. The maximum atomic E-state index is 13.9. The summed E-state index contributed by atoms with van der Waals surface area (Å²) in [5, 5.41) is 7.81. The summed E-state index contributed by atoms with van der Waals surface area (Å²) < 4.78 is 33.4. The maximum absolute atomic E-state index is 13.9. The molecular formula is C15H15F2N5O2. The fourth-order valence-electron chi connectivity index (χ4n) is 2.78. The summed E-state index contributed by atoms with van der Waals surface area (Å²) in [5.74, 6) is -2.88. The van der Waals surface area contributed by atoms with Crippen molar-refractivity contribution in [3.63, 3.8) is 0 Å². The summed E-state index contributed by atoms with van der Waals surface area (Å²) in [7, 11) is 0. The monoisotopic (exact) mass is 335 g/mol. The second-order valence-corrected chi connectivity index (χ2v) is 6.30. The highest BCUT2D eigenvalue weighted by Gasteiger charge is 2.50. The first-order valence-electron chi connectivity index (χ1n) is 7.74. The Morgan fingerprint density at radius 3 is 2.67 bits per heavy atom. The van der Waals surface area contributed by atoms with Crippen LogP contribution in [0.25, 0.3) is 0 Å². The third-order valence-electron chi connectivity index (χ3n) is 4.20. The van der Waals surface area contributed by atoms with Crippen LogP contribution >= 0.6 is 0 Å². The molecule has 24 heavy (non-hydrogen) atoms. The molecule has 0 aromatic carbocycles. The highest BCUT2D eigenvalue weighted by atomic mass is 19.3. The molecule has 126 valence electrons. The van der Waals surface area contributed by atoms with E-state index in [2.05, 4.69) is 20.2 Å². The number of alkyl halides is 2. The van der Waals surface area contributed by atoms with Crippen molar-refractivity contribution in [2.45, 2.75) is 44.1 Å². The van der Waals surface area contributed by atoms with E-state index in [1.54, 1.807) is 6.92 Å². The highest BCUT2D eigenvalue weighted by Crippen LogP contribution is 2.43. The first kappa shape index (κ1) is 15.1. The molecule has 0 radical (unpaired) electrons. The van der Waals surface area contributed by atoms with Crippen LogP contribution in [-0.2, 0) is 0 Å². The Bertz CT molecular complexity index is 772. The molecule has 0 unspecified atom stereocenters. The van der Waals surface area contributed by atoms with Crippen LogP contribution < -0.4 is 0 Å². The molecule has 1 aliphatic heterocycles. The summed E-state index contributed by atoms with van der Waals surface area (Å²) in [6.07, 6.45) is 4.10. The smallest absolute Gasteiger partial charge is 0.274 e. The Labute approximate surface area is 136 Å². The van der Waals surface area contributed by atoms with Gasteiger partial charge in [0.15, 0.2) is 0 Å². The van der Waals surface area contributed by atoms with Gasteiger partial charge in [0.1, 0.15) is 11.7 Å². The largest absolute Gasteiger partial charge is 0.423 e. The number of halogens is 2.